The Kier molecular flexibility index (Phi) is 5.27. The third-order valence-corrected chi connectivity index (χ3v) is 4.31. The highest BCUT2D eigenvalue weighted by Gasteiger charge is 2.26. The molecule has 1 aromatic rings. The van der Waals surface area contributed by atoms with Gasteiger partial charge in [-0.2, -0.15) is 0 Å². The summed E-state index contributed by atoms with van der Waals surface area (Å²) in [6.45, 7) is 3.19. The molecule has 7 nitrogen and oxygen atoms in total. The van der Waals surface area contributed by atoms with Crippen molar-refractivity contribution < 1.29 is 14.8 Å². The van der Waals surface area contributed by atoms with Gasteiger partial charge in [0.25, 0.3) is 11.6 Å². The SMILES string of the molecule is O=C(c1cccc([N+](=O)[O-])c1Br)N1CCN(CCO)CC1. The highest BCUT2D eigenvalue weighted by molar-refractivity contribution is 9.10. The molecule has 1 N–H and O–H groups in total. The number of carbonyl (C=O) groups excluding carboxylic acids is 1. The van der Waals surface area contributed by atoms with E-state index in [1.54, 1.807) is 11.0 Å². The summed E-state index contributed by atoms with van der Waals surface area (Å²) in [7, 11) is 0. The molecule has 1 heterocycles. The van der Waals surface area contributed by atoms with Crippen LogP contribution in [-0.4, -0.2) is 65.1 Å². The molecule has 1 aliphatic heterocycles. The zero-order valence-corrected chi connectivity index (χ0v) is 13.0. The lowest BCUT2D eigenvalue weighted by molar-refractivity contribution is -0.385. The number of rotatable bonds is 4. The second-order valence-electron chi connectivity index (χ2n) is 4.75. The van der Waals surface area contributed by atoms with E-state index in [2.05, 4.69) is 20.8 Å². The fourth-order valence-electron chi connectivity index (χ4n) is 2.31. The first-order valence-electron chi connectivity index (χ1n) is 6.60. The molecule has 114 valence electrons. The standard InChI is InChI=1S/C13H16BrN3O4/c14-12-10(2-1-3-11(12)17(20)21)13(19)16-6-4-15(5-7-16)8-9-18/h1-3,18H,4-9H2. The monoisotopic (exact) mass is 357 g/mol. The van der Waals surface area contributed by atoms with Gasteiger partial charge in [-0.3, -0.25) is 19.8 Å². The lowest BCUT2D eigenvalue weighted by atomic mass is 10.1. The maximum absolute atomic E-state index is 12.5. The molecule has 1 aromatic carbocycles. The Morgan fingerprint density at radius 3 is 2.57 bits per heavy atom. The number of nitro groups is 1. The molecule has 0 unspecified atom stereocenters. The van der Waals surface area contributed by atoms with E-state index in [1.807, 2.05) is 0 Å². The smallest absolute Gasteiger partial charge is 0.284 e. The van der Waals surface area contributed by atoms with E-state index >= 15 is 0 Å². The number of carbonyl (C=O) groups is 1. The summed E-state index contributed by atoms with van der Waals surface area (Å²) in [4.78, 5) is 26.6. The van der Waals surface area contributed by atoms with Crippen LogP contribution in [0.5, 0.6) is 0 Å². The van der Waals surface area contributed by atoms with Gasteiger partial charge in [-0.25, -0.2) is 0 Å². The summed E-state index contributed by atoms with van der Waals surface area (Å²) in [6.07, 6.45) is 0. The molecule has 0 aliphatic carbocycles. The molecular weight excluding hydrogens is 342 g/mol. The van der Waals surface area contributed by atoms with Crippen molar-refractivity contribution in [3.05, 3.63) is 38.3 Å². The molecular formula is C13H16BrN3O4. The van der Waals surface area contributed by atoms with Crippen molar-refractivity contribution in [3.63, 3.8) is 0 Å². The zero-order valence-electron chi connectivity index (χ0n) is 11.4. The second-order valence-corrected chi connectivity index (χ2v) is 5.55. The summed E-state index contributed by atoms with van der Waals surface area (Å²) < 4.78 is 0.220. The highest BCUT2D eigenvalue weighted by atomic mass is 79.9. The van der Waals surface area contributed by atoms with Gasteiger partial charge in [0, 0.05) is 38.8 Å². The van der Waals surface area contributed by atoms with Crippen LogP contribution in [0.4, 0.5) is 5.69 Å². The van der Waals surface area contributed by atoms with Gasteiger partial charge in [0.2, 0.25) is 0 Å². The zero-order chi connectivity index (χ0) is 15.4. The number of hydrogen-bond acceptors (Lipinski definition) is 5. The van der Waals surface area contributed by atoms with E-state index in [0.717, 1.165) is 0 Å². The maximum Gasteiger partial charge on any atom is 0.284 e. The van der Waals surface area contributed by atoms with Crippen molar-refractivity contribution in [1.29, 1.82) is 0 Å². The minimum Gasteiger partial charge on any atom is -0.395 e. The van der Waals surface area contributed by atoms with Crippen LogP contribution in [0.1, 0.15) is 10.4 Å². The number of nitrogens with zero attached hydrogens (tertiary/aromatic N) is 3. The Labute approximate surface area is 130 Å². The average Bonchev–Trinajstić information content (AvgIpc) is 2.47. The van der Waals surface area contributed by atoms with Crippen LogP contribution < -0.4 is 0 Å². The van der Waals surface area contributed by atoms with Crippen molar-refractivity contribution in [2.24, 2.45) is 0 Å². The van der Waals surface area contributed by atoms with E-state index in [9.17, 15) is 14.9 Å². The average molecular weight is 358 g/mol. The van der Waals surface area contributed by atoms with Gasteiger partial charge < -0.3 is 10.0 Å². The number of amides is 1. The van der Waals surface area contributed by atoms with Crippen LogP contribution in [0.3, 0.4) is 0 Å². The first kappa shape index (κ1) is 15.9. The largest absolute Gasteiger partial charge is 0.395 e. The van der Waals surface area contributed by atoms with Crippen LogP contribution in [0.25, 0.3) is 0 Å². The number of halogens is 1. The van der Waals surface area contributed by atoms with Crippen molar-refractivity contribution >= 4 is 27.5 Å². The molecule has 0 radical (unpaired) electrons. The molecule has 0 atom stereocenters. The van der Waals surface area contributed by atoms with Gasteiger partial charge in [-0.05, 0) is 22.0 Å². The fourth-order valence-corrected chi connectivity index (χ4v) is 2.89. The van der Waals surface area contributed by atoms with E-state index in [0.29, 0.717) is 38.3 Å². The first-order valence-corrected chi connectivity index (χ1v) is 7.39. The van der Waals surface area contributed by atoms with Crippen LogP contribution in [0, 0.1) is 10.1 Å². The summed E-state index contributed by atoms with van der Waals surface area (Å²) in [6, 6.07) is 4.46. The Morgan fingerprint density at radius 1 is 1.33 bits per heavy atom. The van der Waals surface area contributed by atoms with Gasteiger partial charge >= 0.3 is 0 Å². The molecule has 0 spiro atoms. The summed E-state index contributed by atoms with van der Waals surface area (Å²) in [5.41, 5.74) is 0.194. The van der Waals surface area contributed by atoms with E-state index < -0.39 is 4.92 Å². The minimum absolute atomic E-state index is 0.102. The molecule has 21 heavy (non-hydrogen) atoms. The second kappa shape index (κ2) is 6.97. The lowest BCUT2D eigenvalue weighted by Crippen LogP contribution is -2.49. The third kappa shape index (κ3) is 3.58. The predicted octanol–water partition coefficient (Wildman–Crippen LogP) is 1.11. The molecule has 2 rings (SSSR count). The van der Waals surface area contributed by atoms with Crippen molar-refractivity contribution in [2.75, 3.05) is 39.3 Å². The topological polar surface area (TPSA) is 86.9 Å². The fraction of sp³-hybridized carbons (Fsp3) is 0.462. The number of piperazine rings is 1. The Balaban J connectivity index is 2.11. The Hall–Kier alpha value is -1.51. The quantitative estimate of drug-likeness (QED) is 0.644. The Morgan fingerprint density at radius 2 is 2.00 bits per heavy atom. The summed E-state index contributed by atoms with van der Waals surface area (Å²) >= 11 is 3.15. The van der Waals surface area contributed by atoms with E-state index in [-0.39, 0.29) is 22.7 Å². The number of nitro benzene ring substituents is 1. The number of β-amino-alcohol motifs (C(OH)–C–C–N with tert-alkyl or cyclic N) is 1. The van der Waals surface area contributed by atoms with Crippen LogP contribution in [0.2, 0.25) is 0 Å². The molecule has 1 fully saturated rings. The molecule has 1 saturated heterocycles. The highest BCUT2D eigenvalue weighted by Crippen LogP contribution is 2.29. The minimum atomic E-state index is -0.514. The van der Waals surface area contributed by atoms with E-state index in [1.165, 1.54) is 12.1 Å². The number of hydrogen-bond donors (Lipinski definition) is 1. The van der Waals surface area contributed by atoms with Gasteiger partial charge in [-0.1, -0.05) is 6.07 Å². The van der Waals surface area contributed by atoms with Crippen molar-refractivity contribution in [3.8, 4) is 0 Å². The first-order chi connectivity index (χ1) is 10.0. The number of benzene rings is 1. The maximum atomic E-state index is 12.5. The number of aliphatic hydroxyl groups excluding tert-OH is 1. The Bertz CT molecular complexity index is 544. The predicted molar refractivity (Wildman–Crippen MR) is 80.2 cm³/mol. The molecule has 1 aliphatic rings. The molecule has 0 aromatic heterocycles. The normalized spacial score (nSPS) is 16.0. The van der Waals surface area contributed by atoms with Gasteiger partial charge in [0.1, 0.15) is 4.47 Å². The van der Waals surface area contributed by atoms with Crippen molar-refractivity contribution in [2.45, 2.75) is 0 Å². The number of aliphatic hydroxyl groups is 1. The molecule has 0 saturated carbocycles. The molecule has 1 amide bonds. The summed E-state index contributed by atoms with van der Waals surface area (Å²) in [5, 5.41) is 19.8. The van der Waals surface area contributed by atoms with Crippen molar-refractivity contribution in [1.82, 2.24) is 9.80 Å². The van der Waals surface area contributed by atoms with Gasteiger partial charge in [0.15, 0.2) is 0 Å². The lowest BCUT2D eigenvalue weighted by Gasteiger charge is -2.34. The van der Waals surface area contributed by atoms with Gasteiger partial charge in [0.05, 0.1) is 17.1 Å². The molecule has 0 bridgehead atoms. The third-order valence-electron chi connectivity index (χ3n) is 3.48. The van der Waals surface area contributed by atoms with Gasteiger partial charge in [-0.15, -0.1) is 0 Å². The van der Waals surface area contributed by atoms with Crippen LogP contribution >= 0.6 is 15.9 Å². The molecule has 8 heteroatoms. The van der Waals surface area contributed by atoms with Crippen LogP contribution in [-0.2, 0) is 0 Å². The summed E-state index contributed by atoms with van der Waals surface area (Å²) in [5.74, 6) is -0.214. The van der Waals surface area contributed by atoms with E-state index in [4.69, 9.17) is 5.11 Å². The van der Waals surface area contributed by atoms with Crippen LogP contribution in [0.15, 0.2) is 22.7 Å².